The van der Waals surface area contributed by atoms with E-state index in [2.05, 4.69) is 15.3 Å². The molecule has 7 nitrogen and oxygen atoms in total. The fourth-order valence-corrected chi connectivity index (χ4v) is 1.91. The van der Waals surface area contributed by atoms with Crippen LogP contribution in [0.15, 0.2) is 29.2 Å². The van der Waals surface area contributed by atoms with Crippen molar-refractivity contribution in [3.8, 4) is 0 Å². The molecular formula is C14H13N3O4. The molecule has 0 atom stereocenters. The molecule has 7 heteroatoms. The molecule has 0 saturated heterocycles. The highest BCUT2D eigenvalue weighted by molar-refractivity contribution is 6.04. The van der Waals surface area contributed by atoms with Gasteiger partial charge in [-0.1, -0.05) is 0 Å². The van der Waals surface area contributed by atoms with Gasteiger partial charge in [0.1, 0.15) is 11.4 Å². The SMILES string of the molecule is Cc1cc(C)c(C(=O)Nc2ccc(C(=O)O)cn2)c(=O)[nH]1. The summed E-state index contributed by atoms with van der Waals surface area (Å²) in [4.78, 5) is 41.0. The summed E-state index contributed by atoms with van der Waals surface area (Å²) < 4.78 is 0. The van der Waals surface area contributed by atoms with Gasteiger partial charge < -0.3 is 15.4 Å². The summed E-state index contributed by atoms with van der Waals surface area (Å²) >= 11 is 0. The van der Waals surface area contributed by atoms with E-state index in [9.17, 15) is 14.4 Å². The lowest BCUT2D eigenvalue weighted by Crippen LogP contribution is -2.25. The number of H-pyrrole nitrogens is 1. The number of carboxylic acid groups (broad SMARTS) is 1. The Kier molecular flexibility index (Phi) is 3.84. The lowest BCUT2D eigenvalue weighted by molar-refractivity contribution is 0.0696. The monoisotopic (exact) mass is 287 g/mol. The minimum Gasteiger partial charge on any atom is -0.478 e. The van der Waals surface area contributed by atoms with Gasteiger partial charge in [-0.2, -0.15) is 0 Å². The fourth-order valence-electron chi connectivity index (χ4n) is 1.91. The van der Waals surface area contributed by atoms with Crippen molar-refractivity contribution in [2.24, 2.45) is 0 Å². The first kappa shape index (κ1) is 14.4. The number of nitrogens with one attached hydrogen (secondary N) is 2. The fraction of sp³-hybridized carbons (Fsp3) is 0.143. The van der Waals surface area contributed by atoms with Crippen LogP contribution in [0.4, 0.5) is 5.82 Å². The molecule has 0 radical (unpaired) electrons. The molecule has 0 unspecified atom stereocenters. The second-order valence-corrected chi connectivity index (χ2v) is 4.53. The Bertz CT molecular complexity index is 763. The van der Waals surface area contributed by atoms with Crippen molar-refractivity contribution < 1.29 is 14.7 Å². The zero-order chi connectivity index (χ0) is 15.6. The van der Waals surface area contributed by atoms with Crippen LogP contribution in [0, 0.1) is 13.8 Å². The highest BCUT2D eigenvalue weighted by Crippen LogP contribution is 2.09. The third-order valence-corrected chi connectivity index (χ3v) is 2.84. The number of hydrogen-bond donors (Lipinski definition) is 3. The molecule has 0 saturated carbocycles. The molecule has 2 heterocycles. The van der Waals surface area contributed by atoms with Crippen LogP contribution >= 0.6 is 0 Å². The van der Waals surface area contributed by atoms with E-state index in [-0.39, 0.29) is 16.9 Å². The van der Waals surface area contributed by atoms with E-state index in [0.29, 0.717) is 11.3 Å². The number of nitrogens with zero attached hydrogens (tertiary/aromatic N) is 1. The van der Waals surface area contributed by atoms with Crippen molar-refractivity contribution in [2.45, 2.75) is 13.8 Å². The minimum absolute atomic E-state index is 0.00436. The predicted molar refractivity (Wildman–Crippen MR) is 75.7 cm³/mol. The van der Waals surface area contributed by atoms with E-state index in [0.717, 1.165) is 6.20 Å². The normalized spacial score (nSPS) is 10.2. The Morgan fingerprint density at radius 1 is 1.29 bits per heavy atom. The number of pyridine rings is 2. The Labute approximate surface area is 119 Å². The Balaban J connectivity index is 2.26. The first-order valence-corrected chi connectivity index (χ1v) is 6.09. The van der Waals surface area contributed by atoms with Gasteiger partial charge in [-0.25, -0.2) is 9.78 Å². The second-order valence-electron chi connectivity index (χ2n) is 4.53. The predicted octanol–water partition coefficient (Wildman–Crippen LogP) is 1.34. The minimum atomic E-state index is -1.11. The average molecular weight is 287 g/mol. The van der Waals surface area contributed by atoms with E-state index < -0.39 is 17.4 Å². The third-order valence-electron chi connectivity index (χ3n) is 2.84. The third kappa shape index (κ3) is 3.14. The number of aromatic carboxylic acids is 1. The van der Waals surface area contributed by atoms with Crippen molar-refractivity contribution in [1.82, 2.24) is 9.97 Å². The van der Waals surface area contributed by atoms with Crippen LogP contribution in [0.3, 0.4) is 0 Å². The van der Waals surface area contributed by atoms with Crippen molar-refractivity contribution in [1.29, 1.82) is 0 Å². The average Bonchev–Trinajstić information content (AvgIpc) is 2.37. The van der Waals surface area contributed by atoms with Crippen molar-refractivity contribution in [2.75, 3.05) is 5.32 Å². The number of carboxylic acids is 1. The van der Waals surface area contributed by atoms with E-state index in [1.54, 1.807) is 19.9 Å². The van der Waals surface area contributed by atoms with Gasteiger partial charge >= 0.3 is 5.97 Å². The lowest BCUT2D eigenvalue weighted by Gasteiger charge is -2.07. The van der Waals surface area contributed by atoms with Crippen molar-refractivity contribution in [3.63, 3.8) is 0 Å². The summed E-state index contributed by atoms with van der Waals surface area (Å²) in [6.07, 6.45) is 1.13. The van der Waals surface area contributed by atoms with Crippen LogP contribution in [0.5, 0.6) is 0 Å². The summed E-state index contributed by atoms with van der Waals surface area (Å²) in [7, 11) is 0. The summed E-state index contributed by atoms with van der Waals surface area (Å²) in [6.45, 7) is 3.39. The quantitative estimate of drug-likeness (QED) is 0.788. The van der Waals surface area contributed by atoms with Crippen LogP contribution in [0.25, 0.3) is 0 Å². The van der Waals surface area contributed by atoms with Gasteiger partial charge in [0.25, 0.3) is 11.5 Å². The zero-order valence-electron chi connectivity index (χ0n) is 11.4. The number of aromatic nitrogens is 2. The highest BCUT2D eigenvalue weighted by atomic mass is 16.4. The van der Waals surface area contributed by atoms with Gasteiger partial charge in [-0.05, 0) is 37.6 Å². The number of hydrogen-bond acceptors (Lipinski definition) is 4. The van der Waals surface area contributed by atoms with Crippen LogP contribution in [0.2, 0.25) is 0 Å². The molecule has 3 N–H and O–H groups in total. The molecule has 2 rings (SSSR count). The number of carbonyl (C=O) groups excluding carboxylic acids is 1. The number of carbonyl (C=O) groups is 2. The first-order valence-electron chi connectivity index (χ1n) is 6.09. The molecule has 0 aliphatic carbocycles. The van der Waals surface area contributed by atoms with Crippen LogP contribution < -0.4 is 10.9 Å². The van der Waals surface area contributed by atoms with Crippen LogP contribution in [-0.4, -0.2) is 27.0 Å². The Morgan fingerprint density at radius 2 is 2.00 bits per heavy atom. The van der Waals surface area contributed by atoms with Gasteiger partial charge in [0.05, 0.1) is 5.56 Å². The number of aryl methyl sites for hydroxylation is 2. The number of anilines is 1. The summed E-state index contributed by atoms with van der Waals surface area (Å²) in [6, 6.07) is 4.37. The van der Waals surface area contributed by atoms with Gasteiger partial charge in [-0.15, -0.1) is 0 Å². The van der Waals surface area contributed by atoms with Gasteiger partial charge in [-0.3, -0.25) is 9.59 Å². The summed E-state index contributed by atoms with van der Waals surface area (Å²) in [5, 5.41) is 11.2. The van der Waals surface area contributed by atoms with Crippen molar-refractivity contribution in [3.05, 3.63) is 57.1 Å². The molecule has 0 bridgehead atoms. The molecule has 21 heavy (non-hydrogen) atoms. The standard InChI is InChI=1S/C14H13N3O4/c1-7-5-8(2)16-12(18)11(7)13(19)17-10-4-3-9(6-15-10)14(20)21/h3-6H,1-2H3,(H,16,18)(H,20,21)(H,15,17,19). The number of aromatic amines is 1. The highest BCUT2D eigenvalue weighted by Gasteiger charge is 2.15. The molecule has 2 aromatic rings. The Morgan fingerprint density at radius 3 is 2.52 bits per heavy atom. The van der Waals surface area contributed by atoms with Gasteiger partial charge in [0.15, 0.2) is 0 Å². The molecule has 0 aliphatic rings. The summed E-state index contributed by atoms with van der Waals surface area (Å²) in [5.41, 5.74) is 0.753. The molecule has 0 fully saturated rings. The maximum absolute atomic E-state index is 12.1. The largest absolute Gasteiger partial charge is 0.478 e. The van der Waals surface area contributed by atoms with Gasteiger partial charge in [0, 0.05) is 11.9 Å². The zero-order valence-corrected chi connectivity index (χ0v) is 11.4. The molecule has 0 spiro atoms. The van der Waals surface area contributed by atoms with Crippen LogP contribution in [0.1, 0.15) is 32.0 Å². The number of amides is 1. The van der Waals surface area contributed by atoms with Gasteiger partial charge in [0.2, 0.25) is 0 Å². The lowest BCUT2D eigenvalue weighted by atomic mass is 10.1. The van der Waals surface area contributed by atoms with E-state index >= 15 is 0 Å². The smallest absolute Gasteiger partial charge is 0.337 e. The topological polar surface area (TPSA) is 112 Å². The maximum Gasteiger partial charge on any atom is 0.337 e. The number of rotatable bonds is 3. The molecular weight excluding hydrogens is 274 g/mol. The van der Waals surface area contributed by atoms with E-state index in [1.807, 2.05) is 0 Å². The second kappa shape index (κ2) is 5.58. The van der Waals surface area contributed by atoms with E-state index in [1.165, 1.54) is 12.1 Å². The molecule has 0 aliphatic heterocycles. The van der Waals surface area contributed by atoms with E-state index in [4.69, 9.17) is 5.11 Å². The molecule has 2 aromatic heterocycles. The summed E-state index contributed by atoms with van der Waals surface area (Å²) in [5.74, 6) is -1.53. The molecule has 108 valence electrons. The van der Waals surface area contributed by atoms with Crippen LogP contribution in [-0.2, 0) is 0 Å². The molecule has 0 aromatic carbocycles. The maximum atomic E-state index is 12.1. The van der Waals surface area contributed by atoms with Crippen molar-refractivity contribution >= 4 is 17.7 Å². The Hall–Kier alpha value is -2.96. The first-order chi connectivity index (χ1) is 9.88. The molecule has 1 amide bonds.